The van der Waals surface area contributed by atoms with Gasteiger partial charge >= 0.3 is 0 Å². The molecule has 3 fully saturated rings. The Kier molecular flexibility index (Phi) is 7.83. The summed E-state index contributed by atoms with van der Waals surface area (Å²) in [6.45, 7) is 9.33. The summed E-state index contributed by atoms with van der Waals surface area (Å²) in [5.41, 5.74) is 0.601. The van der Waals surface area contributed by atoms with E-state index in [4.69, 9.17) is 4.99 Å². The fraction of sp³-hybridized carbons (Fsp3) is 0.895. The third-order valence-corrected chi connectivity index (χ3v) is 6.23. The Balaban J connectivity index is 0.00000225. The molecule has 1 saturated carbocycles. The summed E-state index contributed by atoms with van der Waals surface area (Å²) < 4.78 is 0. The van der Waals surface area contributed by atoms with Crippen molar-refractivity contribution in [1.29, 1.82) is 0 Å². The van der Waals surface area contributed by atoms with Crippen molar-refractivity contribution < 1.29 is 4.79 Å². The number of hydrogen-bond acceptors (Lipinski definition) is 2. The summed E-state index contributed by atoms with van der Waals surface area (Å²) >= 11 is 0. The van der Waals surface area contributed by atoms with Gasteiger partial charge in [-0.3, -0.25) is 9.79 Å². The number of halogens is 1. The lowest BCUT2D eigenvalue weighted by Crippen LogP contribution is -2.43. The van der Waals surface area contributed by atoms with Crippen LogP contribution in [0.1, 0.15) is 65.2 Å². The van der Waals surface area contributed by atoms with Crippen molar-refractivity contribution in [2.24, 2.45) is 10.4 Å². The molecule has 3 rings (SSSR count). The van der Waals surface area contributed by atoms with Crippen LogP contribution in [-0.2, 0) is 4.79 Å². The minimum Gasteiger partial charge on any atom is -0.357 e. The molecule has 1 atom stereocenters. The first-order valence-corrected chi connectivity index (χ1v) is 10.0. The second kappa shape index (κ2) is 9.42. The molecule has 1 spiro atoms. The number of carbonyl (C=O) groups excluding carboxylic acids is 1. The molecule has 2 aliphatic heterocycles. The zero-order valence-electron chi connectivity index (χ0n) is 15.9. The van der Waals surface area contributed by atoms with Crippen LogP contribution in [0.3, 0.4) is 0 Å². The van der Waals surface area contributed by atoms with E-state index in [9.17, 15) is 4.79 Å². The maximum atomic E-state index is 12.0. The molecule has 1 aliphatic carbocycles. The van der Waals surface area contributed by atoms with Crippen molar-refractivity contribution in [3.63, 3.8) is 0 Å². The normalized spacial score (nSPS) is 23.6. The SMILES string of the molecule is CCNC(=NCCC(CC)N1CCCC1=O)N1CCC2(CCC2)C1.I. The van der Waals surface area contributed by atoms with E-state index in [0.29, 0.717) is 17.4 Å². The van der Waals surface area contributed by atoms with Crippen molar-refractivity contribution in [3.8, 4) is 0 Å². The Morgan fingerprint density at radius 1 is 1.24 bits per heavy atom. The molecule has 25 heavy (non-hydrogen) atoms. The van der Waals surface area contributed by atoms with Gasteiger partial charge in [0, 0.05) is 45.2 Å². The molecule has 2 heterocycles. The first-order valence-electron chi connectivity index (χ1n) is 10.0. The zero-order valence-corrected chi connectivity index (χ0v) is 18.3. The van der Waals surface area contributed by atoms with E-state index in [1.807, 2.05) is 0 Å². The van der Waals surface area contributed by atoms with Gasteiger partial charge in [-0.1, -0.05) is 13.3 Å². The van der Waals surface area contributed by atoms with Gasteiger partial charge in [0.1, 0.15) is 0 Å². The molecule has 0 radical (unpaired) electrons. The van der Waals surface area contributed by atoms with Crippen molar-refractivity contribution in [2.45, 2.75) is 71.3 Å². The molecule has 0 aromatic heterocycles. The van der Waals surface area contributed by atoms with Crippen LogP contribution >= 0.6 is 24.0 Å². The number of likely N-dealkylation sites (tertiary alicyclic amines) is 2. The van der Waals surface area contributed by atoms with Gasteiger partial charge in [-0.2, -0.15) is 0 Å². The predicted molar refractivity (Wildman–Crippen MR) is 114 cm³/mol. The fourth-order valence-electron chi connectivity index (χ4n) is 4.58. The van der Waals surface area contributed by atoms with Crippen LogP contribution in [0.15, 0.2) is 4.99 Å². The average molecular weight is 462 g/mol. The maximum Gasteiger partial charge on any atom is 0.222 e. The minimum atomic E-state index is 0. The van der Waals surface area contributed by atoms with Crippen molar-refractivity contribution in [3.05, 3.63) is 0 Å². The molecule has 1 unspecified atom stereocenters. The van der Waals surface area contributed by atoms with Crippen LogP contribution < -0.4 is 5.32 Å². The monoisotopic (exact) mass is 462 g/mol. The van der Waals surface area contributed by atoms with E-state index < -0.39 is 0 Å². The van der Waals surface area contributed by atoms with Gasteiger partial charge in [-0.15, -0.1) is 24.0 Å². The quantitative estimate of drug-likeness (QED) is 0.375. The van der Waals surface area contributed by atoms with Gasteiger partial charge in [0.15, 0.2) is 5.96 Å². The van der Waals surface area contributed by atoms with Gasteiger partial charge in [0.2, 0.25) is 5.91 Å². The van der Waals surface area contributed by atoms with Gasteiger partial charge in [-0.05, 0) is 50.9 Å². The number of hydrogen-bond donors (Lipinski definition) is 1. The number of nitrogens with one attached hydrogen (secondary N) is 1. The lowest BCUT2D eigenvalue weighted by atomic mass is 9.68. The molecule has 0 aromatic carbocycles. The highest BCUT2D eigenvalue weighted by Gasteiger charge is 2.43. The summed E-state index contributed by atoms with van der Waals surface area (Å²) in [6, 6.07) is 0.364. The average Bonchev–Trinajstić information content (AvgIpc) is 3.17. The Labute approximate surface area is 170 Å². The van der Waals surface area contributed by atoms with Crippen molar-refractivity contribution in [1.82, 2.24) is 15.1 Å². The molecule has 3 aliphatic rings. The molecule has 6 heteroatoms. The molecule has 1 amide bonds. The smallest absolute Gasteiger partial charge is 0.222 e. The molecule has 2 saturated heterocycles. The Hall–Kier alpha value is -0.530. The molecule has 1 N–H and O–H groups in total. The highest BCUT2D eigenvalue weighted by Crippen LogP contribution is 2.47. The third kappa shape index (κ3) is 4.80. The van der Waals surface area contributed by atoms with Gasteiger partial charge in [-0.25, -0.2) is 0 Å². The molecule has 144 valence electrons. The minimum absolute atomic E-state index is 0. The van der Waals surface area contributed by atoms with Gasteiger partial charge in [0.05, 0.1) is 0 Å². The summed E-state index contributed by atoms with van der Waals surface area (Å²) in [4.78, 5) is 21.4. The molecule has 0 aromatic rings. The highest BCUT2D eigenvalue weighted by atomic mass is 127. The van der Waals surface area contributed by atoms with Crippen LogP contribution in [0.25, 0.3) is 0 Å². The Bertz CT molecular complexity index is 478. The largest absolute Gasteiger partial charge is 0.357 e. The summed E-state index contributed by atoms with van der Waals surface area (Å²) in [5.74, 6) is 1.42. The predicted octanol–water partition coefficient (Wildman–Crippen LogP) is 3.24. The topological polar surface area (TPSA) is 47.9 Å². The first kappa shape index (κ1) is 20.8. The lowest BCUT2D eigenvalue weighted by molar-refractivity contribution is -0.129. The van der Waals surface area contributed by atoms with E-state index in [-0.39, 0.29) is 24.0 Å². The number of carbonyl (C=O) groups is 1. The van der Waals surface area contributed by atoms with E-state index in [1.54, 1.807) is 0 Å². The Morgan fingerprint density at radius 2 is 2.04 bits per heavy atom. The van der Waals surface area contributed by atoms with E-state index in [2.05, 4.69) is 29.0 Å². The lowest BCUT2D eigenvalue weighted by Gasteiger charge is -2.38. The molecular weight excluding hydrogens is 427 g/mol. The second-order valence-electron chi connectivity index (χ2n) is 7.80. The van der Waals surface area contributed by atoms with Crippen LogP contribution in [-0.4, -0.2) is 60.4 Å². The first-order chi connectivity index (χ1) is 11.7. The number of nitrogens with zero attached hydrogens (tertiary/aromatic N) is 3. The number of aliphatic imine (C=N–C) groups is 1. The molecular formula is C19H35IN4O. The number of guanidine groups is 1. The maximum absolute atomic E-state index is 12.0. The number of amides is 1. The van der Waals surface area contributed by atoms with Crippen LogP contribution in [0.5, 0.6) is 0 Å². The molecule has 0 bridgehead atoms. The van der Waals surface area contributed by atoms with Crippen molar-refractivity contribution in [2.75, 3.05) is 32.7 Å². The van der Waals surface area contributed by atoms with Crippen LogP contribution in [0, 0.1) is 5.41 Å². The summed E-state index contributed by atoms with van der Waals surface area (Å²) in [7, 11) is 0. The summed E-state index contributed by atoms with van der Waals surface area (Å²) in [5, 5.41) is 3.48. The zero-order chi connectivity index (χ0) is 17.0. The number of rotatable bonds is 6. The van der Waals surface area contributed by atoms with Gasteiger partial charge < -0.3 is 15.1 Å². The highest BCUT2D eigenvalue weighted by molar-refractivity contribution is 14.0. The third-order valence-electron chi connectivity index (χ3n) is 6.23. The van der Waals surface area contributed by atoms with Crippen molar-refractivity contribution >= 4 is 35.8 Å². The molecule has 5 nitrogen and oxygen atoms in total. The van der Waals surface area contributed by atoms with E-state index in [0.717, 1.165) is 57.8 Å². The van der Waals surface area contributed by atoms with E-state index in [1.165, 1.54) is 32.2 Å². The van der Waals surface area contributed by atoms with Crippen LogP contribution in [0.4, 0.5) is 0 Å². The Morgan fingerprint density at radius 3 is 2.56 bits per heavy atom. The fourth-order valence-corrected chi connectivity index (χ4v) is 4.58. The van der Waals surface area contributed by atoms with E-state index >= 15 is 0 Å². The van der Waals surface area contributed by atoms with Crippen LogP contribution in [0.2, 0.25) is 0 Å². The second-order valence-corrected chi connectivity index (χ2v) is 7.80. The standard InChI is InChI=1S/C19H34N4O.HI/c1-3-16(23-13-5-7-17(23)24)8-12-21-18(20-4-2)22-14-11-19(15-22)9-6-10-19;/h16H,3-15H2,1-2H3,(H,20,21);1H. The summed E-state index contributed by atoms with van der Waals surface area (Å²) in [6.07, 6.45) is 9.31. The van der Waals surface area contributed by atoms with Gasteiger partial charge in [0.25, 0.3) is 0 Å².